The van der Waals surface area contributed by atoms with Crippen LogP contribution in [0.1, 0.15) is 19.4 Å². The lowest BCUT2D eigenvalue weighted by atomic mass is 9.93. The van der Waals surface area contributed by atoms with Gasteiger partial charge in [0, 0.05) is 6.42 Å². The molecule has 19 heavy (non-hydrogen) atoms. The Hall–Kier alpha value is -1.87. The van der Waals surface area contributed by atoms with E-state index in [1.54, 1.807) is 13.8 Å². The highest BCUT2D eigenvalue weighted by molar-refractivity contribution is 5.84. The van der Waals surface area contributed by atoms with E-state index in [0.717, 1.165) is 10.9 Å². The molecule has 0 aliphatic carbocycles. The second-order valence-electron chi connectivity index (χ2n) is 5.00. The molecule has 0 saturated carbocycles. The van der Waals surface area contributed by atoms with Crippen molar-refractivity contribution in [3.8, 4) is 0 Å². The molecule has 0 heterocycles. The molecule has 100 valence electrons. The van der Waals surface area contributed by atoms with Gasteiger partial charge in [-0.25, -0.2) is 0 Å². The molecule has 0 saturated heterocycles. The Labute approximate surface area is 113 Å². The molecule has 0 aliphatic rings. The van der Waals surface area contributed by atoms with E-state index < -0.39 is 5.54 Å². The van der Waals surface area contributed by atoms with Crippen molar-refractivity contribution in [2.75, 3.05) is 6.61 Å². The van der Waals surface area contributed by atoms with Gasteiger partial charge < -0.3 is 10.5 Å². The van der Waals surface area contributed by atoms with Crippen molar-refractivity contribution >= 4 is 16.7 Å². The van der Waals surface area contributed by atoms with E-state index in [1.807, 2.05) is 24.3 Å². The van der Waals surface area contributed by atoms with E-state index in [-0.39, 0.29) is 5.97 Å². The molecule has 2 rings (SSSR count). The molecule has 0 aliphatic heterocycles. The van der Waals surface area contributed by atoms with Crippen molar-refractivity contribution in [2.24, 2.45) is 5.73 Å². The molecule has 2 aromatic rings. The summed E-state index contributed by atoms with van der Waals surface area (Å²) in [6.45, 7) is 3.84. The Morgan fingerprint density at radius 2 is 1.89 bits per heavy atom. The Balaban J connectivity index is 2.23. The third kappa shape index (κ3) is 3.12. The lowest BCUT2D eigenvalue weighted by Crippen LogP contribution is -2.48. The predicted octanol–water partition coefficient (Wildman–Crippen LogP) is 2.66. The van der Waals surface area contributed by atoms with Crippen LogP contribution >= 0.6 is 0 Å². The number of benzene rings is 2. The van der Waals surface area contributed by atoms with Crippen LogP contribution in [-0.4, -0.2) is 18.1 Å². The van der Waals surface area contributed by atoms with E-state index in [4.69, 9.17) is 10.5 Å². The van der Waals surface area contributed by atoms with E-state index in [0.29, 0.717) is 13.0 Å². The number of nitrogens with two attached hydrogens (primary N) is 1. The van der Waals surface area contributed by atoms with Crippen molar-refractivity contribution in [3.05, 3.63) is 48.0 Å². The smallest absolute Gasteiger partial charge is 0.326 e. The summed E-state index contributed by atoms with van der Waals surface area (Å²) in [4.78, 5) is 11.8. The van der Waals surface area contributed by atoms with Gasteiger partial charge in [-0.05, 0) is 30.2 Å². The van der Waals surface area contributed by atoms with Gasteiger partial charge in [0.1, 0.15) is 5.54 Å². The Bertz CT molecular complexity index is 590. The standard InChI is InChI=1S/C16H19NO2/c1-3-19-15(18)16(2,17)11-12-8-9-13-6-4-5-7-14(13)10-12/h4-10H,3,11,17H2,1-2H3/t16-/m0/s1. The number of ether oxygens (including phenoxy) is 1. The average Bonchev–Trinajstić information content (AvgIpc) is 2.38. The molecule has 0 aromatic heterocycles. The summed E-state index contributed by atoms with van der Waals surface area (Å²) < 4.78 is 5.00. The van der Waals surface area contributed by atoms with Crippen molar-refractivity contribution in [1.29, 1.82) is 0 Å². The molecular weight excluding hydrogens is 238 g/mol. The molecular formula is C16H19NO2. The minimum absolute atomic E-state index is 0.351. The summed E-state index contributed by atoms with van der Waals surface area (Å²) >= 11 is 0. The normalized spacial score (nSPS) is 14.1. The van der Waals surface area contributed by atoms with E-state index in [1.165, 1.54) is 5.39 Å². The summed E-state index contributed by atoms with van der Waals surface area (Å²) in [7, 11) is 0. The molecule has 2 aromatic carbocycles. The quantitative estimate of drug-likeness (QED) is 0.857. The fraction of sp³-hybridized carbons (Fsp3) is 0.312. The van der Waals surface area contributed by atoms with Crippen LogP contribution in [0.15, 0.2) is 42.5 Å². The maximum Gasteiger partial charge on any atom is 0.326 e. The second kappa shape index (κ2) is 5.41. The minimum Gasteiger partial charge on any atom is -0.465 e. The van der Waals surface area contributed by atoms with Crippen molar-refractivity contribution in [1.82, 2.24) is 0 Å². The molecule has 0 spiro atoms. The molecule has 3 nitrogen and oxygen atoms in total. The van der Waals surface area contributed by atoms with E-state index in [9.17, 15) is 4.79 Å². The molecule has 0 fully saturated rings. The van der Waals surface area contributed by atoms with Gasteiger partial charge in [0.15, 0.2) is 0 Å². The first-order valence-corrected chi connectivity index (χ1v) is 6.47. The Morgan fingerprint density at radius 3 is 2.58 bits per heavy atom. The van der Waals surface area contributed by atoms with Gasteiger partial charge in [0.2, 0.25) is 0 Å². The summed E-state index contributed by atoms with van der Waals surface area (Å²) in [5.74, 6) is -0.358. The fourth-order valence-electron chi connectivity index (χ4n) is 2.14. The minimum atomic E-state index is -0.988. The molecule has 0 bridgehead atoms. The fourth-order valence-corrected chi connectivity index (χ4v) is 2.14. The number of hydrogen-bond acceptors (Lipinski definition) is 3. The maximum atomic E-state index is 11.8. The first kappa shape index (κ1) is 13.6. The number of hydrogen-bond donors (Lipinski definition) is 1. The number of esters is 1. The first-order chi connectivity index (χ1) is 9.03. The summed E-state index contributed by atoms with van der Waals surface area (Å²) in [5.41, 5.74) is 6.10. The number of rotatable bonds is 4. The van der Waals surface area contributed by atoms with Crippen molar-refractivity contribution in [2.45, 2.75) is 25.8 Å². The van der Waals surface area contributed by atoms with Gasteiger partial charge in [-0.15, -0.1) is 0 Å². The highest BCUT2D eigenvalue weighted by atomic mass is 16.5. The highest BCUT2D eigenvalue weighted by Gasteiger charge is 2.30. The van der Waals surface area contributed by atoms with Crippen LogP contribution in [0, 0.1) is 0 Å². The molecule has 2 N–H and O–H groups in total. The average molecular weight is 257 g/mol. The van der Waals surface area contributed by atoms with Crippen LogP contribution in [0.3, 0.4) is 0 Å². The van der Waals surface area contributed by atoms with Gasteiger partial charge in [-0.1, -0.05) is 42.5 Å². The number of fused-ring (bicyclic) bond motifs is 1. The first-order valence-electron chi connectivity index (χ1n) is 6.47. The highest BCUT2D eigenvalue weighted by Crippen LogP contribution is 2.19. The predicted molar refractivity (Wildman–Crippen MR) is 76.9 cm³/mol. The maximum absolute atomic E-state index is 11.8. The molecule has 0 radical (unpaired) electrons. The SMILES string of the molecule is CCOC(=O)[C@@](C)(N)Cc1ccc2ccccc2c1. The Kier molecular flexibility index (Phi) is 3.86. The largest absolute Gasteiger partial charge is 0.465 e. The van der Waals surface area contributed by atoms with Crippen LogP contribution in [-0.2, 0) is 16.0 Å². The van der Waals surface area contributed by atoms with Crippen LogP contribution in [0.25, 0.3) is 10.8 Å². The zero-order valence-corrected chi connectivity index (χ0v) is 11.3. The van der Waals surface area contributed by atoms with Crippen molar-refractivity contribution < 1.29 is 9.53 Å². The monoisotopic (exact) mass is 257 g/mol. The van der Waals surface area contributed by atoms with Gasteiger partial charge in [0.05, 0.1) is 6.61 Å². The van der Waals surface area contributed by atoms with Crippen LogP contribution in [0.5, 0.6) is 0 Å². The third-order valence-corrected chi connectivity index (χ3v) is 3.13. The topological polar surface area (TPSA) is 52.3 Å². The molecule has 1 atom stereocenters. The Morgan fingerprint density at radius 1 is 1.21 bits per heavy atom. The molecule has 0 unspecified atom stereocenters. The number of carbonyl (C=O) groups is 1. The zero-order chi connectivity index (χ0) is 13.9. The lowest BCUT2D eigenvalue weighted by Gasteiger charge is -2.22. The van der Waals surface area contributed by atoms with Crippen LogP contribution in [0.4, 0.5) is 0 Å². The van der Waals surface area contributed by atoms with E-state index >= 15 is 0 Å². The lowest BCUT2D eigenvalue weighted by molar-refractivity contribution is -0.148. The van der Waals surface area contributed by atoms with Gasteiger partial charge in [0.25, 0.3) is 0 Å². The van der Waals surface area contributed by atoms with E-state index in [2.05, 4.69) is 18.2 Å². The number of carbonyl (C=O) groups excluding carboxylic acids is 1. The van der Waals surface area contributed by atoms with Crippen molar-refractivity contribution in [3.63, 3.8) is 0 Å². The second-order valence-corrected chi connectivity index (χ2v) is 5.00. The van der Waals surface area contributed by atoms with Crippen LogP contribution < -0.4 is 5.73 Å². The summed E-state index contributed by atoms with van der Waals surface area (Å²) in [5, 5.41) is 2.33. The third-order valence-electron chi connectivity index (χ3n) is 3.13. The zero-order valence-electron chi connectivity index (χ0n) is 11.3. The van der Waals surface area contributed by atoms with Crippen LogP contribution in [0.2, 0.25) is 0 Å². The van der Waals surface area contributed by atoms with Gasteiger partial charge in [-0.2, -0.15) is 0 Å². The molecule has 3 heteroatoms. The summed E-state index contributed by atoms with van der Waals surface area (Å²) in [6.07, 6.45) is 0.469. The van der Waals surface area contributed by atoms with Gasteiger partial charge in [-0.3, -0.25) is 4.79 Å². The van der Waals surface area contributed by atoms with Gasteiger partial charge >= 0.3 is 5.97 Å². The summed E-state index contributed by atoms with van der Waals surface area (Å²) in [6, 6.07) is 14.2. The molecule has 0 amide bonds.